The average Bonchev–Trinajstić information content (AvgIpc) is 2.99. The van der Waals surface area contributed by atoms with Crippen molar-refractivity contribution in [2.75, 3.05) is 29.9 Å². The Morgan fingerprint density at radius 1 is 1.35 bits per heavy atom. The summed E-state index contributed by atoms with van der Waals surface area (Å²) in [5, 5.41) is 5.58. The van der Waals surface area contributed by atoms with Crippen molar-refractivity contribution in [1.29, 1.82) is 0 Å². The third kappa shape index (κ3) is 3.74. The van der Waals surface area contributed by atoms with Gasteiger partial charge in [0.25, 0.3) is 5.91 Å². The highest BCUT2D eigenvalue weighted by molar-refractivity contribution is 7.99. The number of nitrogens with two attached hydrogens (primary N) is 1. The van der Waals surface area contributed by atoms with Gasteiger partial charge in [-0.15, -0.1) is 0 Å². The first-order valence-electron chi connectivity index (χ1n) is 6.68. The summed E-state index contributed by atoms with van der Waals surface area (Å²) in [6.07, 6.45) is 0.901. The molecule has 2 rings (SSSR count). The Balaban J connectivity index is 2.07. The van der Waals surface area contributed by atoms with Crippen molar-refractivity contribution >= 4 is 29.3 Å². The van der Waals surface area contributed by atoms with Crippen molar-refractivity contribution in [3.63, 3.8) is 0 Å². The van der Waals surface area contributed by atoms with E-state index in [9.17, 15) is 9.59 Å². The molecule has 1 fully saturated rings. The Hall–Kier alpha value is -1.53. The van der Waals surface area contributed by atoms with Gasteiger partial charge in [0.2, 0.25) is 5.91 Å². The van der Waals surface area contributed by atoms with Gasteiger partial charge in [0, 0.05) is 24.8 Å². The van der Waals surface area contributed by atoms with Gasteiger partial charge in [-0.3, -0.25) is 9.59 Å². The summed E-state index contributed by atoms with van der Waals surface area (Å²) in [6, 6.07) is 7.03. The first-order valence-corrected chi connectivity index (χ1v) is 7.83. The topological polar surface area (TPSA) is 84.2 Å². The molecule has 1 aliphatic heterocycles. The van der Waals surface area contributed by atoms with Crippen LogP contribution >= 0.6 is 11.8 Å². The smallest absolute Gasteiger partial charge is 0.253 e. The zero-order chi connectivity index (χ0) is 14.4. The zero-order valence-electron chi connectivity index (χ0n) is 11.2. The molecule has 6 heteroatoms. The van der Waals surface area contributed by atoms with Gasteiger partial charge in [0.15, 0.2) is 0 Å². The maximum atomic E-state index is 12.1. The minimum atomic E-state index is -0.216. The van der Waals surface area contributed by atoms with E-state index in [4.69, 9.17) is 5.73 Å². The fraction of sp³-hybridized carbons (Fsp3) is 0.429. The number of amides is 2. The first-order chi connectivity index (χ1) is 9.72. The van der Waals surface area contributed by atoms with Gasteiger partial charge in [0.1, 0.15) is 0 Å². The number of hydrogen-bond donors (Lipinski definition) is 3. The second-order valence-corrected chi connectivity index (χ2v) is 5.79. The third-order valence-corrected chi connectivity index (χ3v) is 4.32. The van der Waals surface area contributed by atoms with Crippen molar-refractivity contribution in [2.45, 2.75) is 6.42 Å². The molecule has 1 aliphatic rings. The maximum absolute atomic E-state index is 12.1. The number of anilines is 1. The molecule has 5 nitrogen and oxygen atoms in total. The van der Waals surface area contributed by atoms with Gasteiger partial charge in [0.05, 0.1) is 11.3 Å². The van der Waals surface area contributed by atoms with Crippen molar-refractivity contribution < 1.29 is 9.59 Å². The SMILES string of the molecule is NCCNC(=O)c1ccccc1NC(=O)C1CCSC1. The number of rotatable bonds is 5. The van der Waals surface area contributed by atoms with Crippen molar-refractivity contribution in [3.8, 4) is 0 Å². The van der Waals surface area contributed by atoms with Gasteiger partial charge < -0.3 is 16.4 Å². The van der Waals surface area contributed by atoms with Crippen LogP contribution < -0.4 is 16.4 Å². The van der Waals surface area contributed by atoms with Crippen molar-refractivity contribution in [3.05, 3.63) is 29.8 Å². The lowest BCUT2D eigenvalue weighted by Crippen LogP contribution is -2.30. The van der Waals surface area contributed by atoms with Crippen molar-refractivity contribution in [2.24, 2.45) is 11.7 Å². The standard InChI is InChI=1S/C14H19N3O2S/c15-6-7-16-14(19)11-3-1-2-4-12(11)17-13(18)10-5-8-20-9-10/h1-4,10H,5-9,15H2,(H,16,19)(H,17,18). The summed E-state index contributed by atoms with van der Waals surface area (Å²) in [5.74, 6) is 1.70. The van der Waals surface area contributed by atoms with E-state index in [-0.39, 0.29) is 17.7 Å². The molecule has 2 amide bonds. The van der Waals surface area contributed by atoms with E-state index in [2.05, 4.69) is 10.6 Å². The van der Waals surface area contributed by atoms with Gasteiger partial charge in [-0.2, -0.15) is 11.8 Å². The number of thioether (sulfide) groups is 1. The highest BCUT2D eigenvalue weighted by atomic mass is 32.2. The molecule has 0 spiro atoms. The molecule has 0 saturated carbocycles. The number of carbonyl (C=O) groups excluding carboxylic acids is 2. The second-order valence-electron chi connectivity index (χ2n) is 4.64. The van der Waals surface area contributed by atoms with Crippen LogP contribution in [0.2, 0.25) is 0 Å². The lowest BCUT2D eigenvalue weighted by Gasteiger charge is -2.13. The summed E-state index contributed by atoms with van der Waals surface area (Å²) in [6.45, 7) is 0.805. The number of benzene rings is 1. The van der Waals surface area contributed by atoms with Crippen LogP contribution in [0.15, 0.2) is 24.3 Å². The summed E-state index contributed by atoms with van der Waals surface area (Å²) in [4.78, 5) is 24.1. The average molecular weight is 293 g/mol. The summed E-state index contributed by atoms with van der Waals surface area (Å²) < 4.78 is 0. The van der Waals surface area contributed by atoms with Gasteiger partial charge in [-0.25, -0.2) is 0 Å². The van der Waals surface area contributed by atoms with E-state index in [1.54, 1.807) is 36.0 Å². The summed E-state index contributed by atoms with van der Waals surface area (Å²) in [7, 11) is 0. The van der Waals surface area contributed by atoms with Crippen LogP contribution in [0.25, 0.3) is 0 Å². The molecule has 0 radical (unpaired) electrons. The van der Waals surface area contributed by atoms with Crippen LogP contribution in [0.1, 0.15) is 16.8 Å². The Kier molecular flexibility index (Phi) is 5.43. The minimum absolute atomic E-state index is 0.00549. The molecular formula is C14H19N3O2S. The van der Waals surface area contributed by atoms with Crippen LogP contribution in [0.3, 0.4) is 0 Å². The number of hydrogen-bond acceptors (Lipinski definition) is 4. The predicted octanol–water partition coefficient (Wildman–Crippen LogP) is 1.07. The quantitative estimate of drug-likeness (QED) is 0.758. The monoisotopic (exact) mass is 293 g/mol. The molecule has 1 aromatic carbocycles. The lowest BCUT2D eigenvalue weighted by atomic mass is 10.1. The van der Waals surface area contributed by atoms with Crippen molar-refractivity contribution in [1.82, 2.24) is 5.32 Å². The highest BCUT2D eigenvalue weighted by Gasteiger charge is 2.24. The van der Waals surface area contributed by atoms with Crippen LogP contribution in [-0.2, 0) is 4.79 Å². The maximum Gasteiger partial charge on any atom is 0.253 e. The molecule has 4 N–H and O–H groups in total. The Labute approximate surface area is 122 Å². The molecule has 1 aromatic rings. The lowest BCUT2D eigenvalue weighted by molar-refractivity contribution is -0.119. The molecule has 1 atom stereocenters. The van der Waals surface area contributed by atoms with Crippen LogP contribution in [0.5, 0.6) is 0 Å². The van der Waals surface area contributed by atoms with E-state index in [1.807, 2.05) is 0 Å². The number of para-hydroxylation sites is 1. The van der Waals surface area contributed by atoms with Crippen LogP contribution in [-0.4, -0.2) is 36.4 Å². The Morgan fingerprint density at radius 2 is 2.15 bits per heavy atom. The molecule has 0 bridgehead atoms. The van der Waals surface area contributed by atoms with Gasteiger partial charge >= 0.3 is 0 Å². The summed E-state index contributed by atoms with van der Waals surface area (Å²) >= 11 is 1.79. The molecule has 1 heterocycles. The zero-order valence-corrected chi connectivity index (χ0v) is 12.0. The molecule has 0 aromatic heterocycles. The third-order valence-electron chi connectivity index (χ3n) is 3.16. The minimum Gasteiger partial charge on any atom is -0.351 e. The molecule has 0 aliphatic carbocycles. The number of nitrogens with one attached hydrogen (secondary N) is 2. The predicted molar refractivity (Wildman–Crippen MR) is 81.9 cm³/mol. The van der Waals surface area contributed by atoms with E-state index >= 15 is 0 Å². The summed E-state index contributed by atoms with van der Waals surface area (Å²) in [5.41, 5.74) is 6.40. The van der Waals surface area contributed by atoms with Gasteiger partial charge in [-0.05, 0) is 24.3 Å². The van der Waals surface area contributed by atoms with Gasteiger partial charge in [-0.1, -0.05) is 12.1 Å². The Bertz CT molecular complexity index is 487. The van der Waals surface area contributed by atoms with E-state index < -0.39 is 0 Å². The first kappa shape index (κ1) is 14.9. The largest absolute Gasteiger partial charge is 0.351 e. The van der Waals surface area contributed by atoms with Crippen LogP contribution in [0, 0.1) is 5.92 Å². The fourth-order valence-electron chi connectivity index (χ4n) is 2.05. The van der Waals surface area contributed by atoms with E-state index in [0.29, 0.717) is 24.3 Å². The van der Waals surface area contributed by atoms with Crippen LogP contribution in [0.4, 0.5) is 5.69 Å². The number of carbonyl (C=O) groups is 2. The molecule has 20 heavy (non-hydrogen) atoms. The molecular weight excluding hydrogens is 274 g/mol. The van der Waals surface area contributed by atoms with E-state index in [0.717, 1.165) is 17.9 Å². The second kappa shape index (κ2) is 7.31. The highest BCUT2D eigenvalue weighted by Crippen LogP contribution is 2.25. The fourth-order valence-corrected chi connectivity index (χ4v) is 3.27. The molecule has 108 valence electrons. The Morgan fingerprint density at radius 3 is 2.85 bits per heavy atom. The van der Waals surface area contributed by atoms with E-state index in [1.165, 1.54) is 0 Å². The normalized spacial score (nSPS) is 17.8. The molecule has 1 saturated heterocycles. The molecule has 1 unspecified atom stereocenters.